The van der Waals surface area contributed by atoms with Crippen molar-refractivity contribution in [1.29, 1.82) is 0 Å². The number of halogens is 1. The molecule has 0 spiro atoms. The normalized spacial score (nSPS) is 12.8. The van der Waals surface area contributed by atoms with E-state index in [0.29, 0.717) is 16.5 Å². The number of fused-ring (bicyclic) bond motifs is 1. The van der Waals surface area contributed by atoms with Crippen molar-refractivity contribution in [3.8, 4) is 0 Å². The monoisotopic (exact) mass is 259 g/mol. The molecule has 2 heterocycles. The van der Waals surface area contributed by atoms with E-state index in [1.54, 1.807) is 24.4 Å². The first-order chi connectivity index (χ1) is 8.75. The molecular weight excluding hydrogens is 250 g/mol. The smallest absolute Gasteiger partial charge is 0.155 e. The summed E-state index contributed by atoms with van der Waals surface area (Å²) < 4.78 is 5.59. The third-order valence-electron chi connectivity index (χ3n) is 2.76. The van der Waals surface area contributed by atoms with Crippen molar-refractivity contribution in [1.82, 2.24) is 4.98 Å². The van der Waals surface area contributed by atoms with Crippen molar-refractivity contribution >= 4 is 22.6 Å². The van der Waals surface area contributed by atoms with Crippen LogP contribution in [-0.2, 0) is 0 Å². The number of aliphatic hydroxyl groups excluding tert-OH is 1. The number of para-hydroxylation sites is 1. The Bertz CT molecular complexity index is 660. The average Bonchev–Trinajstić information content (AvgIpc) is 2.82. The van der Waals surface area contributed by atoms with E-state index in [-0.39, 0.29) is 0 Å². The molecule has 0 saturated heterocycles. The maximum absolute atomic E-state index is 10.2. The first kappa shape index (κ1) is 11.3. The van der Waals surface area contributed by atoms with Gasteiger partial charge in [-0.25, -0.2) is 0 Å². The second-order valence-electron chi connectivity index (χ2n) is 3.96. The van der Waals surface area contributed by atoms with Crippen LogP contribution in [0.4, 0.5) is 0 Å². The van der Waals surface area contributed by atoms with E-state index >= 15 is 0 Å². The van der Waals surface area contributed by atoms with Crippen molar-refractivity contribution in [2.24, 2.45) is 0 Å². The van der Waals surface area contributed by atoms with Gasteiger partial charge in [-0.1, -0.05) is 29.8 Å². The average molecular weight is 260 g/mol. The molecule has 0 fully saturated rings. The summed E-state index contributed by atoms with van der Waals surface area (Å²) >= 11 is 6.00. The SMILES string of the molecule is OC(c1cc2ccccc2o1)c1ncccc1Cl. The highest BCUT2D eigenvalue weighted by Gasteiger charge is 2.19. The lowest BCUT2D eigenvalue weighted by molar-refractivity contribution is 0.188. The van der Waals surface area contributed by atoms with Gasteiger partial charge in [0.05, 0.1) is 10.7 Å². The molecule has 0 aliphatic heterocycles. The molecule has 1 unspecified atom stereocenters. The zero-order chi connectivity index (χ0) is 12.5. The Morgan fingerprint density at radius 3 is 2.78 bits per heavy atom. The quantitative estimate of drug-likeness (QED) is 0.765. The molecule has 1 N–H and O–H groups in total. The first-order valence-corrected chi connectivity index (χ1v) is 5.90. The summed E-state index contributed by atoms with van der Waals surface area (Å²) in [6.07, 6.45) is 0.638. The second kappa shape index (κ2) is 4.44. The lowest BCUT2D eigenvalue weighted by Gasteiger charge is -2.08. The van der Waals surface area contributed by atoms with Gasteiger partial charge in [0, 0.05) is 11.6 Å². The lowest BCUT2D eigenvalue weighted by atomic mass is 10.1. The van der Waals surface area contributed by atoms with Gasteiger partial charge >= 0.3 is 0 Å². The van der Waals surface area contributed by atoms with Crippen LogP contribution in [0.1, 0.15) is 17.6 Å². The number of aromatic nitrogens is 1. The van der Waals surface area contributed by atoms with Crippen LogP contribution in [0, 0.1) is 0 Å². The number of hydrogen-bond acceptors (Lipinski definition) is 3. The van der Waals surface area contributed by atoms with Crippen LogP contribution in [0.25, 0.3) is 11.0 Å². The van der Waals surface area contributed by atoms with Crippen LogP contribution >= 0.6 is 11.6 Å². The summed E-state index contributed by atoms with van der Waals surface area (Å²) in [5.74, 6) is 0.441. The summed E-state index contributed by atoms with van der Waals surface area (Å²) in [6.45, 7) is 0. The van der Waals surface area contributed by atoms with Crippen LogP contribution in [0.2, 0.25) is 5.02 Å². The van der Waals surface area contributed by atoms with E-state index in [9.17, 15) is 5.11 Å². The molecule has 1 aromatic carbocycles. The van der Waals surface area contributed by atoms with Crippen LogP contribution in [0.15, 0.2) is 53.1 Å². The van der Waals surface area contributed by atoms with E-state index in [4.69, 9.17) is 16.0 Å². The molecule has 0 bridgehead atoms. The fourth-order valence-electron chi connectivity index (χ4n) is 1.87. The zero-order valence-corrected chi connectivity index (χ0v) is 10.1. The van der Waals surface area contributed by atoms with Gasteiger partial charge in [0.2, 0.25) is 0 Å². The molecule has 4 heteroatoms. The molecule has 2 aromatic heterocycles. The fraction of sp³-hybridized carbons (Fsp3) is 0.0714. The Balaban J connectivity index is 2.07. The maximum atomic E-state index is 10.2. The molecule has 0 saturated carbocycles. The van der Waals surface area contributed by atoms with E-state index in [1.165, 1.54) is 0 Å². The molecule has 0 radical (unpaired) electrons. The fourth-order valence-corrected chi connectivity index (χ4v) is 2.10. The number of nitrogens with zero attached hydrogens (tertiary/aromatic N) is 1. The van der Waals surface area contributed by atoms with Crippen molar-refractivity contribution in [2.45, 2.75) is 6.10 Å². The minimum Gasteiger partial charge on any atom is -0.458 e. The molecule has 90 valence electrons. The van der Waals surface area contributed by atoms with Crippen molar-refractivity contribution < 1.29 is 9.52 Å². The predicted molar refractivity (Wildman–Crippen MR) is 69.5 cm³/mol. The highest BCUT2D eigenvalue weighted by molar-refractivity contribution is 6.31. The van der Waals surface area contributed by atoms with Crippen LogP contribution < -0.4 is 0 Å². The van der Waals surface area contributed by atoms with E-state index < -0.39 is 6.10 Å². The molecule has 0 aliphatic carbocycles. The van der Waals surface area contributed by atoms with E-state index in [2.05, 4.69) is 4.98 Å². The minimum absolute atomic E-state index is 0.401. The highest BCUT2D eigenvalue weighted by atomic mass is 35.5. The summed E-state index contributed by atoms with van der Waals surface area (Å²) in [7, 11) is 0. The standard InChI is InChI=1S/C14H10ClNO2/c15-10-5-3-7-16-13(10)14(17)12-8-9-4-1-2-6-11(9)18-12/h1-8,14,17H. The Labute approximate surface area is 109 Å². The van der Waals surface area contributed by atoms with Crippen LogP contribution in [0.5, 0.6) is 0 Å². The molecule has 1 atom stereocenters. The summed E-state index contributed by atoms with van der Waals surface area (Å²) in [5.41, 5.74) is 1.14. The molecule has 3 nitrogen and oxygen atoms in total. The van der Waals surface area contributed by atoms with Gasteiger partial charge in [0.15, 0.2) is 6.10 Å². The van der Waals surface area contributed by atoms with Crippen molar-refractivity contribution in [3.05, 3.63) is 65.1 Å². The number of hydrogen-bond donors (Lipinski definition) is 1. The Morgan fingerprint density at radius 2 is 2.00 bits per heavy atom. The maximum Gasteiger partial charge on any atom is 0.155 e. The number of furan rings is 1. The molecule has 0 aliphatic rings. The Hall–Kier alpha value is -1.84. The number of rotatable bonds is 2. The number of aliphatic hydroxyl groups is 1. The molecular formula is C14H10ClNO2. The van der Waals surface area contributed by atoms with Crippen LogP contribution in [-0.4, -0.2) is 10.1 Å². The van der Waals surface area contributed by atoms with Gasteiger partial charge in [-0.2, -0.15) is 0 Å². The summed E-state index contributed by atoms with van der Waals surface area (Å²) in [4.78, 5) is 4.08. The zero-order valence-electron chi connectivity index (χ0n) is 9.38. The largest absolute Gasteiger partial charge is 0.458 e. The van der Waals surface area contributed by atoms with Gasteiger partial charge in [0.25, 0.3) is 0 Å². The minimum atomic E-state index is -0.953. The van der Waals surface area contributed by atoms with E-state index in [1.807, 2.05) is 24.3 Å². The molecule has 3 rings (SSSR count). The van der Waals surface area contributed by atoms with Gasteiger partial charge in [-0.3, -0.25) is 4.98 Å². The van der Waals surface area contributed by atoms with Crippen LogP contribution in [0.3, 0.4) is 0 Å². The second-order valence-corrected chi connectivity index (χ2v) is 4.37. The Kier molecular flexibility index (Phi) is 2.78. The van der Waals surface area contributed by atoms with Gasteiger partial charge in [0.1, 0.15) is 11.3 Å². The lowest BCUT2D eigenvalue weighted by Crippen LogP contribution is -2.01. The summed E-state index contributed by atoms with van der Waals surface area (Å²) in [5, 5.41) is 11.6. The molecule has 3 aromatic rings. The van der Waals surface area contributed by atoms with E-state index in [0.717, 1.165) is 11.0 Å². The molecule has 0 amide bonds. The van der Waals surface area contributed by atoms with Gasteiger partial charge in [-0.05, 0) is 24.3 Å². The topological polar surface area (TPSA) is 46.3 Å². The predicted octanol–water partition coefficient (Wildman–Crippen LogP) is 3.56. The third kappa shape index (κ3) is 1.88. The molecule has 18 heavy (non-hydrogen) atoms. The highest BCUT2D eigenvalue weighted by Crippen LogP contribution is 2.30. The van der Waals surface area contributed by atoms with Crippen molar-refractivity contribution in [3.63, 3.8) is 0 Å². The third-order valence-corrected chi connectivity index (χ3v) is 3.08. The van der Waals surface area contributed by atoms with Gasteiger partial charge < -0.3 is 9.52 Å². The van der Waals surface area contributed by atoms with Crippen molar-refractivity contribution in [2.75, 3.05) is 0 Å². The Morgan fingerprint density at radius 1 is 1.17 bits per heavy atom. The number of benzene rings is 1. The van der Waals surface area contributed by atoms with Gasteiger partial charge in [-0.15, -0.1) is 0 Å². The first-order valence-electron chi connectivity index (χ1n) is 5.52. The number of pyridine rings is 1. The summed E-state index contributed by atoms with van der Waals surface area (Å²) in [6, 6.07) is 12.8.